The summed E-state index contributed by atoms with van der Waals surface area (Å²) >= 11 is 0. The molecule has 0 saturated carbocycles. The summed E-state index contributed by atoms with van der Waals surface area (Å²) in [5.41, 5.74) is 0. The maximum Gasteiger partial charge on any atom is 0.221 e. The molecule has 2 N–H and O–H groups in total. The van der Waals surface area contributed by atoms with Gasteiger partial charge in [0.05, 0.1) is 13.2 Å². The molecule has 0 aromatic rings. The van der Waals surface area contributed by atoms with Gasteiger partial charge in [-0.3, -0.25) is 4.79 Å². The molecule has 0 aromatic carbocycles. The van der Waals surface area contributed by atoms with Crippen molar-refractivity contribution in [2.24, 2.45) is 5.14 Å². The lowest BCUT2D eigenvalue weighted by Crippen LogP contribution is -2.42. The van der Waals surface area contributed by atoms with Crippen LogP contribution in [0.2, 0.25) is 0 Å². The first kappa shape index (κ1) is 8.63. The van der Waals surface area contributed by atoms with Crippen LogP contribution in [0, 0.1) is 0 Å². The van der Waals surface area contributed by atoms with Crippen molar-refractivity contribution < 1.29 is 17.9 Å². The number of carbonyl (C=O) groups is 1. The minimum atomic E-state index is -3.75. The predicted molar refractivity (Wildman–Crippen MR) is 37.3 cm³/mol. The van der Waals surface area contributed by atoms with Gasteiger partial charge in [-0.2, -0.15) is 0 Å². The number of sulfonamides is 1. The summed E-state index contributed by atoms with van der Waals surface area (Å²) in [6.45, 7) is 0.197. The highest BCUT2D eigenvalue weighted by Crippen LogP contribution is 2.07. The minimum Gasteiger partial charge on any atom is -0.379 e. The third-order valence-corrected chi connectivity index (χ3v) is 2.71. The number of primary sulfonamides is 1. The number of Topliss-reactive ketones (excluding diaryl/α,β-unsaturated/α-hetero) is 1. The zero-order chi connectivity index (χ0) is 8.48. The lowest BCUT2D eigenvalue weighted by atomic mass is 10.2. The molecule has 1 heterocycles. The number of hydrogen-bond donors (Lipinski definition) is 1. The molecule has 64 valence electrons. The van der Waals surface area contributed by atoms with Crippen LogP contribution in [0.15, 0.2) is 0 Å². The summed E-state index contributed by atoms with van der Waals surface area (Å²) in [4.78, 5) is 10.9. The van der Waals surface area contributed by atoms with Gasteiger partial charge in [-0.25, -0.2) is 13.6 Å². The highest BCUT2D eigenvalue weighted by Gasteiger charge is 2.32. The second-order valence-electron chi connectivity index (χ2n) is 2.37. The highest BCUT2D eigenvalue weighted by molar-refractivity contribution is 7.90. The van der Waals surface area contributed by atoms with Crippen molar-refractivity contribution in [1.29, 1.82) is 0 Å². The van der Waals surface area contributed by atoms with E-state index in [0.717, 1.165) is 0 Å². The fraction of sp³-hybridized carbons (Fsp3) is 0.800. The zero-order valence-electron chi connectivity index (χ0n) is 5.82. The van der Waals surface area contributed by atoms with Crippen LogP contribution in [0.4, 0.5) is 0 Å². The largest absolute Gasteiger partial charge is 0.379 e. The lowest BCUT2D eigenvalue weighted by Gasteiger charge is -2.18. The molecule has 1 aliphatic rings. The zero-order valence-corrected chi connectivity index (χ0v) is 6.63. The van der Waals surface area contributed by atoms with Gasteiger partial charge in [0, 0.05) is 6.42 Å². The van der Waals surface area contributed by atoms with Gasteiger partial charge in [-0.05, 0) is 0 Å². The van der Waals surface area contributed by atoms with E-state index in [4.69, 9.17) is 9.88 Å². The van der Waals surface area contributed by atoms with Gasteiger partial charge in [0.2, 0.25) is 10.0 Å². The minimum absolute atomic E-state index is 0.0995. The molecular weight excluding hydrogens is 170 g/mol. The van der Waals surface area contributed by atoms with Crippen molar-refractivity contribution in [2.45, 2.75) is 11.7 Å². The molecule has 1 unspecified atom stereocenters. The van der Waals surface area contributed by atoms with E-state index in [1.165, 1.54) is 0 Å². The van der Waals surface area contributed by atoms with Crippen molar-refractivity contribution in [1.82, 2.24) is 0 Å². The fourth-order valence-electron chi connectivity index (χ4n) is 0.895. The van der Waals surface area contributed by atoms with E-state index in [1.54, 1.807) is 0 Å². The maximum absolute atomic E-state index is 10.9. The molecule has 11 heavy (non-hydrogen) atoms. The molecule has 6 heteroatoms. The number of ether oxygens (including phenoxy) is 1. The Bertz CT molecular complexity index is 258. The van der Waals surface area contributed by atoms with E-state index >= 15 is 0 Å². The monoisotopic (exact) mass is 179 g/mol. The molecule has 0 bridgehead atoms. The number of carbonyl (C=O) groups excluding carboxylic acids is 1. The van der Waals surface area contributed by atoms with Crippen molar-refractivity contribution in [3.05, 3.63) is 0 Å². The Kier molecular flexibility index (Phi) is 2.26. The number of nitrogens with two attached hydrogens (primary N) is 1. The van der Waals surface area contributed by atoms with Gasteiger partial charge >= 0.3 is 0 Å². The summed E-state index contributed by atoms with van der Waals surface area (Å²) in [5.74, 6) is -0.348. The average molecular weight is 179 g/mol. The second-order valence-corrected chi connectivity index (χ2v) is 4.12. The molecule has 1 rings (SSSR count). The van der Waals surface area contributed by atoms with Crippen LogP contribution in [0.5, 0.6) is 0 Å². The van der Waals surface area contributed by atoms with E-state index in [0.29, 0.717) is 6.61 Å². The maximum atomic E-state index is 10.9. The van der Waals surface area contributed by atoms with E-state index in [-0.39, 0.29) is 18.8 Å². The summed E-state index contributed by atoms with van der Waals surface area (Å²) < 4.78 is 26.1. The van der Waals surface area contributed by atoms with Crippen molar-refractivity contribution in [2.75, 3.05) is 13.2 Å². The normalized spacial score (nSPS) is 27.0. The van der Waals surface area contributed by atoms with Gasteiger partial charge in [0.1, 0.15) is 0 Å². The summed E-state index contributed by atoms with van der Waals surface area (Å²) in [6.07, 6.45) is 0.140. The standard InChI is InChI=1S/C5H9NO4S/c6-11(8,9)5-3-10-2-1-4(5)7/h5H,1-3H2,(H2,6,8,9). The molecule has 1 saturated heterocycles. The summed E-state index contributed by atoms with van der Waals surface area (Å²) in [7, 11) is -3.75. The smallest absolute Gasteiger partial charge is 0.221 e. The molecule has 1 atom stereocenters. The van der Waals surface area contributed by atoms with Crippen molar-refractivity contribution in [3.8, 4) is 0 Å². The topological polar surface area (TPSA) is 86.5 Å². The third-order valence-electron chi connectivity index (χ3n) is 1.52. The highest BCUT2D eigenvalue weighted by atomic mass is 32.2. The Balaban J connectivity index is 2.78. The van der Waals surface area contributed by atoms with E-state index in [1.807, 2.05) is 0 Å². The van der Waals surface area contributed by atoms with E-state index in [2.05, 4.69) is 0 Å². The Hall–Kier alpha value is -0.460. The molecule has 1 aliphatic heterocycles. The fourth-order valence-corrected chi connectivity index (χ4v) is 1.67. The number of hydrogen-bond acceptors (Lipinski definition) is 4. The van der Waals surface area contributed by atoms with Crippen molar-refractivity contribution >= 4 is 15.8 Å². The van der Waals surface area contributed by atoms with Gasteiger partial charge in [0.25, 0.3) is 0 Å². The molecule has 1 fully saturated rings. The van der Waals surface area contributed by atoms with Crippen molar-refractivity contribution in [3.63, 3.8) is 0 Å². The first-order chi connectivity index (χ1) is 5.02. The first-order valence-corrected chi connectivity index (χ1v) is 4.75. The first-order valence-electron chi connectivity index (χ1n) is 3.14. The van der Waals surface area contributed by atoms with Crippen LogP contribution in [0.3, 0.4) is 0 Å². The average Bonchev–Trinajstić information content (AvgIpc) is 1.86. The van der Waals surface area contributed by atoms with Gasteiger partial charge in [-0.1, -0.05) is 0 Å². The third kappa shape index (κ3) is 1.98. The van der Waals surface area contributed by atoms with Crippen LogP contribution in [0.25, 0.3) is 0 Å². The van der Waals surface area contributed by atoms with Crippen LogP contribution in [0.1, 0.15) is 6.42 Å². The second kappa shape index (κ2) is 2.88. The molecule has 0 aliphatic carbocycles. The van der Waals surface area contributed by atoms with Gasteiger partial charge < -0.3 is 4.74 Å². The van der Waals surface area contributed by atoms with Crippen LogP contribution in [-0.2, 0) is 19.6 Å². The number of rotatable bonds is 1. The molecule has 0 amide bonds. The Morgan fingerprint density at radius 1 is 1.55 bits per heavy atom. The quantitative estimate of drug-likeness (QED) is 0.538. The molecule has 0 spiro atoms. The van der Waals surface area contributed by atoms with E-state index in [9.17, 15) is 13.2 Å². The Morgan fingerprint density at radius 2 is 2.18 bits per heavy atom. The Labute approximate surface area is 64.6 Å². The molecule has 0 aromatic heterocycles. The summed E-state index contributed by atoms with van der Waals surface area (Å²) in [5, 5.41) is 3.63. The van der Waals surface area contributed by atoms with Crippen LogP contribution in [-0.4, -0.2) is 32.7 Å². The lowest BCUT2D eigenvalue weighted by molar-refractivity contribution is -0.123. The van der Waals surface area contributed by atoms with Gasteiger partial charge in [0.15, 0.2) is 11.0 Å². The van der Waals surface area contributed by atoms with Crippen LogP contribution < -0.4 is 5.14 Å². The van der Waals surface area contributed by atoms with Gasteiger partial charge in [-0.15, -0.1) is 0 Å². The van der Waals surface area contributed by atoms with Crippen LogP contribution >= 0.6 is 0 Å². The SMILES string of the molecule is NS(=O)(=O)C1COCCC1=O. The molecular formula is C5H9NO4S. The predicted octanol–water partition coefficient (Wildman–Crippen LogP) is -1.37. The molecule has 5 nitrogen and oxygen atoms in total. The summed E-state index contributed by atoms with van der Waals surface area (Å²) in [6, 6.07) is 0. The number of ketones is 1. The molecule has 0 radical (unpaired) electrons. The van der Waals surface area contributed by atoms with E-state index < -0.39 is 15.3 Å². The Morgan fingerprint density at radius 3 is 2.55 bits per heavy atom.